The van der Waals surface area contributed by atoms with Gasteiger partial charge in [-0.05, 0) is 179 Å². The fraction of sp³-hybridized carbons (Fsp3) is 0.608. The lowest BCUT2D eigenvalue weighted by atomic mass is 9.44. The van der Waals surface area contributed by atoms with Crippen molar-refractivity contribution < 1.29 is 25.9 Å². The predicted molar refractivity (Wildman–Crippen MR) is 240 cm³/mol. The Bertz CT molecular complexity index is 2270. The van der Waals surface area contributed by atoms with Crippen molar-refractivity contribution in [1.82, 2.24) is 0 Å². The van der Waals surface area contributed by atoms with E-state index in [2.05, 4.69) is 46.8 Å². The van der Waals surface area contributed by atoms with Crippen LogP contribution in [0.5, 0.6) is 0 Å². The molecule has 0 heterocycles. The highest BCUT2D eigenvalue weighted by atomic mass is 32.2. The molecular formula is C51H68O6S2. The maximum absolute atomic E-state index is 12.1. The van der Waals surface area contributed by atoms with E-state index < -0.39 is 20.2 Å². The third-order valence-corrected chi connectivity index (χ3v) is 18.9. The maximum atomic E-state index is 12.1. The molecule has 4 aromatic rings. The van der Waals surface area contributed by atoms with Gasteiger partial charge in [-0.25, -0.2) is 0 Å². The van der Waals surface area contributed by atoms with Gasteiger partial charge in [-0.3, -0.25) is 9.11 Å². The van der Waals surface area contributed by atoms with E-state index in [1.165, 1.54) is 108 Å². The summed E-state index contributed by atoms with van der Waals surface area (Å²) < 4.78 is 67.9. The normalized spacial score (nSPS) is 30.4. The van der Waals surface area contributed by atoms with Gasteiger partial charge in [0.15, 0.2) is 0 Å². The smallest absolute Gasteiger partial charge is 0.282 e. The van der Waals surface area contributed by atoms with Crippen molar-refractivity contribution in [3.8, 4) is 0 Å². The Kier molecular flexibility index (Phi) is 12.0. The highest BCUT2D eigenvalue weighted by Crippen LogP contribution is 2.69. The number of hydrogen-bond acceptors (Lipinski definition) is 4. The molecule has 8 rings (SSSR count). The molecule has 0 aromatic heterocycles. The van der Waals surface area contributed by atoms with E-state index in [4.69, 9.17) is 0 Å². The van der Waals surface area contributed by atoms with E-state index in [1.807, 2.05) is 24.3 Å². The monoisotopic (exact) mass is 840 g/mol. The van der Waals surface area contributed by atoms with Crippen LogP contribution in [0, 0.1) is 58.2 Å². The standard InChI is InChI=1S/C51H68O6S2/c1-33(2)10-6-11-34(3)47-24-25-48-46-21-18-38-30-35(26-28-50(38,4)49(46)27-29-51(47,48)5)12-7-15-45(43-16-8-13-36-31-39(58(52,53)54)19-22-41(36)43)44-17-9-14-37-32-40(59(55,56)57)20-23-42(37)44/h8-9,13-14,16-17,19-20,22-23,31-35,38,45-49H,6-7,10-12,15,18,21,24-30H2,1-5H3,(H,52,53,54)(H,55,56,57)/t34-,35?,38+,46+,47-,48+,49+,50+,51-/m1/s1. The summed E-state index contributed by atoms with van der Waals surface area (Å²) in [5, 5.41) is 3.34. The number of hydrogen-bond donors (Lipinski definition) is 2. The molecule has 0 saturated heterocycles. The largest absolute Gasteiger partial charge is 0.294 e. The Morgan fingerprint density at radius 2 is 1.24 bits per heavy atom. The lowest BCUT2D eigenvalue weighted by Crippen LogP contribution is -2.53. The van der Waals surface area contributed by atoms with E-state index in [1.54, 1.807) is 12.1 Å². The van der Waals surface area contributed by atoms with Crippen LogP contribution in [0.4, 0.5) is 0 Å². The first kappa shape index (κ1) is 42.9. The molecule has 0 bridgehead atoms. The van der Waals surface area contributed by atoms with Crippen LogP contribution in [0.3, 0.4) is 0 Å². The van der Waals surface area contributed by atoms with E-state index in [0.717, 1.165) is 86.9 Å². The highest BCUT2D eigenvalue weighted by molar-refractivity contribution is 7.86. The summed E-state index contributed by atoms with van der Waals surface area (Å²) in [6.45, 7) is 12.7. The van der Waals surface area contributed by atoms with Crippen molar-refractivity contribution in [3.63, 3.8) is 0 Å². The summed E-state index contributed by atoms with van der Waals surface area (Å²) in [5.41, 5.74) is 3.14. The Morgan fingerprint density at radius 1 is 0.644 bits per heavy atom. The molecule has 4 aliphatic carbocycles. The second-order valence-electron chi connectivity index (χ2n) is 20.7. The molecule has 320 valence electrons. The molecule has 4 aromatic carbocycles. The molecule has 4 fully saturated rings. The number of fused-ring (bicyclic) bond motifs is 7. The molecule has 1 unspecified atom stereocenters. The molecule has 2 N–H and O–H groups in total. The van der Waals surface area contributed by atoms with Gasteiger partial charge in [-0.1, -0.05) is 115 Å². The Labute approximate surface area is 354 Å². The lowest BCUT2D eigenvalue weighted by molar-refractivity contribution is -0.121. The van der Waals surface area contributed by atoms with Crippen LogP contribution in [0.15, 0.2) is 82.6 Å². The quantitative estimate of drug-likeness (QED) is 0.130. The zero-order chi connectivity index (χ0) is 41.9. The lowest BCUT2D eigenvalue weighted by Gasteiger charge is -2.61. The van der Waals surface area contributed by atoms with Gasteiger partial charge in [0.25, 0.3) is 20.2 Å². The average Bonchev–Trinajstić information content (AvgIpc) is 3.55. The van der Waals surface area contributed by atoms with Crippen molar-refractivity contribution in [2.24, 2.45) is 58.2 Å². The van der Waals surface area contributed by atoms with Gasteiger partial charge in [0.2, 0.25) is 0 Å². The molecule has 9 atom stereocenters. The first-order chi connectivity index (χ1) is 28.0. The molecule has 59 heavy (non-hydrogen) atoms. The first-order valence-corrected chi connectivity index (χ1v) is 25.9. The summed E-state index contributed by atoms with van der Waals surface area (Å²) in [4.78, 5) is -0.256. The van der Waals surface area contributed by atoms with Crippen molar-refractivity contribution >= 4 is 41.8 Å². The molecule has 8 heteroatoms. The van der Waals surface area contributed by atoms with Crippen molar-refractivity contribution in [1.29, 1.82) is 0 Å². The van der Waals surface area contributed by atoms with Gasteiger partial charge < -0.3 is 0 Å². The maximum Gasteiger partial charge on any atom is 0.294 e. The Morgan fingerprint density at radius 3 is 1.83 bits per heavy atom. The summed E-state index contributed by atoms with van der Waals surface area (Å²) >= 11 is 0. The van der Waals surface area contributed by atoms with Gasteiger partial charge in [0, 0.05) is 5.92 Å². The molecule has 6 nitrogen and oxygen atoms in total. The fourth-order valence-electron chi connectivity index (χ4n) is 14.2. The zero-order valence-electron chi connectivity index (χ0n) is 36.1. The molecular weight excluding hydrogens is 773 g/mol. The van der Waals surface area contributed by atoms with Gasteiger partial charge in [0.1, 0.15) is 0 Å². The van der Waals surface area contributed by atoms with Crippen LogP contribution in [0.2, 0.25) is 0 Å². The van der Waals surface area contributed by atoms with Crippen LogP contribution in [0.1, 0.15) is 148 Å². The second-order valence-corrected chi connectivity index (χ2v) is 23.6. The average molecular weight is 841 g/mol. The van der Waals surface area contributed by atoms with E-state index >= 15 is 0 Å². The van der Waals surface area contributed by atoms with Gasteiger partial charge >= 0.3 is 0 Å². The second kappa shape index (κ2) is 16.5. The molecule has 0 radical (unpaired) electrons. The highest BCUT2D eigenvalue weighted by Gasteiger charge is 2.60. The summed E-state index contributed by atoms with van der Waals surface area (Å²) in [7, 11) is -8.72. The molecule has 4 aliphatic rings. The SMILES string of the molecule is CC(C)CCC[C@@H](C)[C@H]1CC[C@H]2[C@@H]3CC[C@H]4CC(CCCC(c5cccc6cc(S(=O)(=O)O)ccc56)c5cccc6cc(S(=O)(=O)O)ccc56)CC[C@]4(C)[C@H]3CC[C@]12C. The van der Waals surface area contributed by atoms with Gasteiger partial charge in [-0.15, -0.1) is 0 Å². The van der Waals surface area contributed by atoms with Crippen LogP contribution in [-0.4, -0.2) is 25.9 Å². The zero-order valence-corrected chi connectivity index (χ0v) is 37.7. The topological polar surface area (TPSA) is 109 Å². The third-order valence-electron chi connectivity index (χ3n) is 17.2. The third kappa shape index (κ3) is 8.31. The minimum Gasteiger partial charge on any atom is -0.282 e. The van der Waals surface area contributed by atoms with Crippen LogP contribution in [-0.2, 0) is 20.2 Å². The predicted octanol–water partition coefficient (Wildman–Crippen LogP) is 13.5. The molecule has 0 amide bonds. The van der Waals surface area contributed by atoms with Crippen molar-refractivity contribution in [2.45, 2.75) is 147 Å². The van der Waals surface area contributed by atoms with Crippen molar-refractivity contribution in [2.75, 3.05) is 0 Å². The fourth-order valence-corrected chi connectivity index (χ4v) is 15.3. The Hall–Kier alpha value is -2.78. The van der Waals surface area contributed by atoms with Crippen molar-refractivity contribution in [3.05, 3.63) is 83.9 Å². The molecule has 4 saturated carbocycles. The molecule has 0 aliphatic heterocycles. The summed E-state index contributed by atoms with van der Waals surface area (Å²) in [5.74, 6) is 6.72. The van der Waals surface area contributed by atoms with E-state index in [-0.39, 0.29) is 15.7 Å². The summed E-state index contributed by atoms with van der Waals surface area (Å²) in [6, 6.07) is 21.5. The van der Waals surface area contributed by atoms with E-state index in [9.17, 15) is 25.9 Å². The number of rotatable bonds is 13. The molecule has 0 spiro atoms. The first-order valence-electron chi connectivity index (χ1n) is 23.0. The van der Waals surface area contributed by atoms with Crippen LogP contribution >= 0.6 is 0 Å². The van der Waals surface area contributed by atoms with E-state index in [0.29, 0.717) is 16.7 Å². The summed E-state index contributed by atoms with van der Waals surface area (Å²) in [6.07, 6.45) is 19.8. The Balaban J connectivity index is 0.990. The minimum absolute atomic E-state index is 0.0374. The van der Waals surface area contributed by atoms with Gasteiger partial charge in [0.05, 0.1) is 9.79 Å². The van der Waals surface area contributed by atoms with Crippen LogP contribution < -0.4 is 0 Å². The van der Waals surface area contributed by atoms with Crippen LogP contribution in [0.25, 0.3) is 21.5 Å². The number of benzene rings is 4. The minimum atomic E-state index is -4.36. The van der Waals surface area contributed by atoms with Gasteiger partial charge in [-0.2, -0.15) is 16.8 Å².